The van der Waals surface area contributed by atoms with Gasteiger partial charge in [0, 0.05) is 63.9 Å². The minimum absolute atomic E-state index is 0.00564. The summed E-state index contributed by atoms with van der Waals surface area (Å²) in [4.78, 5) is 16.2. The zero-order chi connectivity index (χ0) is 18.0. The number of likely N-dealkylation sites (N-methyl/N-ethyl adjacent to an activating group) is 1. The average molecular weight is 354 g/mol. The lowest BCUT2D eigenvalue weighted by Gasteiger charge is -2.28. The summed E-state index contributed by atoms with van der Waals surface area (Å²) in [5, 5.41) is 13.9. The molecule has 3 heterocycles. The highest BCUT2D eigenvalue weighted by Crippen LogP contribution is 2.24. The van der Waals surface area contributed by atoms with E-state index in [0.717, 1.165) is 5.56 Å². The van der Waals surface area contributed by atoms with Crippen molar-refractivity contribution in [2.45, 2.75) is 37.7 Å². The largest absolute Gasteiger partial charge is 0.390 e. The number of hydrogen-bond donors (Lipinski definition) is 1. The highest BCUT2D eigenvalue weighted by molar-refractivity contribution is 5.76. The topological polar surface area (TPSA) is 70.8 Å². The van der Waals surface area contributed by atoms with E-state index in [4.69, 9.17) is 4.74 Å². The molecular weight excluding hydrogens is 327 g/mol. The number of rotatable bonds is 6. The van der Waals surface area contributed by atoms with Crippen molar-refractivity contribution in [3.63, 3.8) is 0 Å². The Hall–Kier alpha value is -1.51. The summed E-state index contributed by atoms with van der Waals surface area (Å²) in [5.41, 5.74) is 1.04. The molecule has 1 N–H and O–H groups in total. The number of amides is 1. The lowest BCUT2D eigenvalue weighted by molar-refractivity contribution is -0.132. The maximum Gasteiger partial charge on any atom is 0.222 e. The van der Waals surface area contributed by atoms with Crippen LogP contribution in [0.1, 0.15) is 18.4 Å². The lowest BCUT2D eigenvalue weighted by Crippen LogP contribution is -2.41. The molecule has 2 aliphatic rings. The fourth-order valence-electron chi connectivity index (χ4n) is 3.67. The maximum atomic E-state index is 13.9. The standard InChI is InChI=1S/C17H27FN4O3/c1-20(17(24)3-13-10-25-11-16(13)23)9-15-4-14(18)8-22(15)7-12-5-19-21(2)6-12/h5-6,13-16,23H,3-4,7-11H2,1-2H3/t13-,14+,15+,16-/m1/s1. The molecule has 7 nitrogen and oxygen atoms in total. The van der Waals surface area contributed by atoms with Crippen LogP contribution >= 0.6 is 0 Å². The summed E-state index contributed by atoms with van der Waals surface area (Å²) in [5.74, 6) is -0.169. The van der Waals surface area contributed by atoms with E-state index in [0.29, 0.717) is 39.3 Å². The molecule has 2 aliphatic heterocycles. The molecule has 0 unspecified atom stereocenters. The number of carbonyl (C=O) groups excluding carboxylic acids is 1. The molecule has 8 heteroatoms. The monoisotopic (exact) mass is 354 g/mol. The van der Waals surface area contributed by atoms with Crippen LogP contribution in [0.2, 0.25) is 0 Å². The first kappa shape index (κ1) is 18.3. The molecule has 0 aromatic carbocycles. The second-order valence-corrected chi connectivity index (χ2v) is 7.28. The van der Waals surface area contributed by atoms with Gasteiger partial charge in [-0.05, 0) is 6.42 Å². The van der Waals surface area contributed by atoms with Gasteiger partial charge < -0.3 is 14.7 Å². The number of halogens is 1. The lowest BCUT2D eigenvalue weighted by atomic mass is 10.0. The molecule has 0 bridgehead atoms. The molecule has 25 heavy (non-hydrogen) atoms. The highest BCUT2D eigenvalue weighted by Gasteiger charge is 2.35. The third-order valence-electron chi connectivity index (χ3n) is 5.13. The Kier molecular flexibility index (Phi) is 5.71. The van der Waals surface area contributed by atoms with Gasteiger partial charge in [-0.1, -0.05) is 0 Å². The Morgan fingerprint density at radius 1 is 1.52 bits per heavy atom. The van der Waals surface area contributed by atoms with Crippen LogP contribution in [-0.2, 0) is 23.1 Å². The smallest absolute Gasteiger partial charge is 0.222 e. The number of alkyl halides is 1. The Labute approximate surface area is 147 Å². The first-order valence-electron chi connectivity index (χ1n) is 8.77. The number of aliphatic hydroxyl groups excluding tert-OH is 1. The van der Waals surface area contributed by atoms with Crippen LogP contribution in [0.25, 0.3) is 0 Å². The molecule has 4 atom stereocenters. The number of aryl methyl sites for hydroxylation is 1. The summed E-state index contributed by atoms with van der Waals surface area (Å²) >= 11 is 0. The molecule has 1 amide bonds. The van der Waals surface area contributed by atoms with E-state index in [1.165, 1.54) is 0 Å². The minimum Gasteiger partial charge on any atom is -0.390 e. The number of hydrogen-bond acceptors (Lipinski definition) is 5. The molecule has 0 spiro atoms. The number of carbonyl (C=O) groups is 1. The Morgan fingerprint density at radius 3 is 2.96 bits per heavy atom. The quantitative estimate of drug-likeness (QED) is 0.790. The summed E-state index contributed by atoms with van der Waals surface area (Å²) in [7, 11) is 3.61. The Bertz CT molecular complexity index is 596. The summed E-state index contributed by atoms with van der Waals surface area (Å²) in [6.45, 7) is 2.23. The van der Waals surface area contributed by atoms with Gasteiger partial charge in [-0.2, -0.15) is 5.10 Å². The fraction of sp³-hybridized carbons (Fsp3) is 0.765. The fourth-order valence-corrected chi connectivity index (χ4v) is 3.67. The third kappa shape index (κ3) is 4.56. The van der Waals surface area contributed by atoms with Crippen LogP contribution < -0.4 is 0 Å². The average Bonchev–Trinajstić information content (AvgIpc) is 3.23. The molecule has 2 fully saturated rings. The number of likely N-dealkylation sites (tertiary alicyclic amines) is 1. The van der Waals surface area contributed by atoms with Crippen molar-refractivity contribution >= 4 is 5.91 Å². The predicted octanol–water partition coefficient (Wildman–Crippen LogP) is 0.188. The maximum absolute atomic E-state index is 13.9. The normalized spacial score (nSPS) is 30.1. The van der Waals surface area contributed by atoms with E-state index >= 15 is 0 Å². The van der Waals surface area contributed by atoms with Gasteiger partial charge in [-0.3, -0.25) is 14.4 Å². The summed E-state index contributed by atoms with van der Waals surface area (Å²) in [6, 6.07) is -0.00564. The van der Waals surface area contributed by atoms with Crippen molar-refractivity contribution in [2.24, 2.45) is 13.0 Å². The van der Waals surface area contributed by atoms with Crippen molar-refractivity contribution in [3.8, 4) is 0 Å². The second-order valence-electron chi connectivity index (χ2n) is 7.28. The van der Waals surface area contributed by atoms with Crippen molar-refractivity contribution in [1.29, 1.82) is 0 Å². The molecular formula is C17H27FN4O3. The first-order valence-corrected chi connectivity index (χ1v) is 8.77. The van der Waals surface area contributed by atoms with E-state index in [1.54, 1.807) is 22.8 Å². The van der Waals surface area contributed by atoms with E-state index in [2.05, 4.69) is 10.00 Å². The molecule has 0 saturated carbocycles. The van der Waals surface area contributed by atoms with Crippen LogP contribution in [0.3, 0.4) is 0 Å². The first-order chi connectivity index (χ1) is 11.9. The molecule has 0 radical (unpaired) electrons. The van der Waals surface area contributed by atoms with Crippen molar-refractivity contribution in [1.82, 2.24) is 19.6 Å². The van der Waals surface area contributed by atoms with Gasteiger partial charge in [0.05, 0.1) is 25.5 Å². The van der Waals surface area contributed by atoms with Gasteiger partial charge in [0.1, 0.15) is 6.17 Å². The Morgan fingerprint density at radius 2 is 2.32 bits per heavy atom. The zero-order valence-corrected chi connectivity index (χ0v) is 14.8. The van der Waals surface area contributed by atoms with E-state index in [1.807, 2.05) is 13.2 Å². The SMILES string of the molecule is CN(C[C@@H]1C[C@H](F)CN1Cc1cnn(C)c1)C(=O)C[C@@H]1COC[C@H]1O. The highest BCUT2D eigenvalue weighted by atomic mass is 19.1. The van der Waals surface area contributed by atoms with Crippen LogP contribution in [0.4, 0.5) is 4.39 Å². The van der Waals surface area contributed by atoms with Crippen LogP contribution in [0.15, 0.2) is 12.4 Å². The van der Waals surface area contributed by atoms with Crippen LogP contribution in [-0.4, -0.2) is 82.3 Å². The number of aliphatic hydroxyl groups is 1. The molecule has 140 valence electrons. The molecule has 1 aromatic rings. The molecule has 2 saturated heterocycles. The number of aromatic nitrogens is 2. The third-order valence-corrected chi connectivity index (χ3v) is 5.13. The van der Waals surface area contributed by atoms with Gasteiger partial charge in [-0.25, -0.2) is 4.39 Å². The molecule has 3 rings (SSSR count). The van der Waals surface area contributed by atoms with Gasteiger partial charge in [0.25, 0.3) is 0 Å². The van der Waals surface area contributed by atoms with Gasteiger partial charge >= 0.3 is 0 Å². The zero-order valence-electron chi connectivity index (χ0n) is 14.8. The van der Waals surface area contributed by atoms with E-state index in [-0.39, 0.29) is 24.3 Å². The summed E-state index contributed by atoms with van der Waals surface area (Å²) < 4.78 is 20.9. The van der Waals surface area contributed by atoms with E-state index in [9.17, 15) is 14.3 Å². The van der Waals surface area contributed by atoms with Gasteiger partial charge in [-0.15, -0.1) is 0 Å². The van der Waals surface area contributed by atoms with E-state index < -0.39 is 12.3 Å². The number of nitrogens with zero attached hydrogens (tertiary/aromatic N) is 4. The second kappa shape index (κ2) is 7.80. The number of ether oxygens (including phenoxy) is 1. The van der Waals surface area contributed by atoms with Crippen LogP contribution in [0, 0.1) is 5.92 Å². The Balaban J connectivity index is 1.54. The van der Waals surface area contributed by atoms with Crippen molar-refractivity contribution in [3.05, 3.63) is 18.0 Å². The molecule has 0 aliphatic carbocycles. The van der Waals surface area contributed by atoms with Crippen molar-refractivity contribution < 1.29 is 19.0 Å². The minimum atomic E-state index is -0.866. The van der Waals surface area contributed by atoms with Gasteiger partial charge in [0.15, 0.2) is 0 Å². The predicted molar refractivity (Wildman–Crippen MR) is 89.5 cm³/mol. The van der Waals surface area contributed by atoms with Gasteiger partial charge in [0.2, 0.25) is 5.91 Å². The van der Waals surface area contributed by atoms with Crippen molar-refractivity contribution in [2.75, 3.05) is 33.4 Å². The van der Waals surface area contributed by atoms with Crippen LogP contribution in [0.5, 0.6) is 0 Å². The summed E-state index contributed by atoms with van der Waals surface area (Å²) in [6.07, 6.45) is 2.99. The molecule has 1 aromatic heterocycles.